The predicted octanol–water partition coefficient (Wildman–Crippen LogP) is 11.4. The lowest BCUT2D eigenvalue weighted by Gasteiger charge is -2.16. The van der Waals surface area contributed by atoms with E-state index in [-0.39, 0.29) is 33.1 Å². The molecule has 0 fully saturated rings. The summed E-state index contributed by atoms with van der Waals surface area (Å²) in [4.78, 5) is 17.6. The van der Waals surface area contributed by atoms with Gasteiger partial charge in [-0.25, -0.2) is 4.85 Å². The van der Waals surface area contributed by atoms with Gasteiger partial charge >= 0.3 is 0 Å². The minimum absolute atomic E-state index is 0.138. The number of para-hydroxylation sites is 6. The van der Waals surface area contributed by atoms with E-state index in [1.165, 1.54) is 24.3 Å². The largest absolute Gasteiger partial charge is 0.309 e. The van der Waals surface area contributed by atoms with E-state index in [4.69, 9.17) is 44.8 Å². The Balaban J connectivity index is 1.41. The first-order chi connectivity index (χ1) is 35.8. The van der Waals surface area contributed by atoms with Crippen molar-refractivity contribution in [3.05, 3.63) is 175 Å². The van der Waals surface area contributed by atoms with Crippen LogP contribution in [0.1, 0.15) is 31.5 Å². The molecule has 0 saturated carbocycles. The van der Waals surface area contributed by atoms with Gasteiger partial charge in [-0.3, -0.25) is 9.13 Å². The maximum absolute atomic E-state index is 9.32. The molecule has 0 amide bonds. The first kappa shape index (κ1) is 14.6. The lowest BCUT2D eigenvalue weighted by atomic mass is 10.1. The van der Waals surface area contributed by atoms with Crippen LogP contribution in [0.25, 0.3) is 99.2 Å². The fourth-order valence-electron chi connectivity index (χ4n) is 6.58. The monoisotopic (exact) mass is 700 g/mol. The molecule has 11 rings (SSSR count). The number of aromatic nitrogens is 6. The summed E-state index contributed by atoms with van der Waals surface area (Å²) >= 11 is 0. The van der Waals surface area contributed by atoms with E-state index in [1.54, 1.807) is 0 Å². The molecule has 4 heterocycles. The lowest BCUT2D eigenvalue weighted by molar-refractivity contribution is 0.892. The lowest BCUT2D eigenvalue weighted by Crippen LogP contribution is -2.11. The van der Waals surface area contributed by atoms with E-state index in [9.17, 15) is 8.22 Å². The van der Waals surface area contributed by atoms with E-state index in [0.29, 0.717) is 0 Å². The zero-order valence-corrected chi connectivity index (χ0v) is 26.4. The molecular weight excluding hydrogens is 651 g/mol. The molecule has 7 nitrogen and oxygen atoms in total. The molecule has 0 spiro atoms. The van der Waals surface area contributed by atoms with E-state index in [0.717, 1.165) is 13.7 Å². The molecular formula is C46H27N7. The van der Waals surface area contributed by atoms with E-state index in [1.807, 2.05) is 0 Å². The Morgan fingerprint density at radius 2 is 0.868 bits per heavy atom. The zero-order chi connectivity index (χ0) is 55.1. The van der Waals surface area contributed by atoms with Crippen molar-refractivity contribution in [1.82, 2.24) is 28.7 Å². The van der Waals surface area contributed by atoms with Crippen molar-refractivity contribution >= 4 is 71.1 Å². The Morgan fingerprint density at radius 1 is 0.453 bits per heavy atom. The molecule has 4 aromatic heterocycles. The molecule has 0 unspecified atom stereocenters. The van der Waals surface area contributed by atoms with Crippen molar-refractivity contribution in [1.29, 1.82) is 0 Å². The number of benzene rings is 7. The fourth-order valence-corrected chi connectivity index (χ4v) is 6.58. The normalized spacial score (nSPS) is 17.8. The van der Waals surface area contributed by atoms with Crippen LogP contribution in [0, 0.1) is 6.57 Å². The second-order valence-electron chi connectivity index (χ2n) is 11.5. The number of rotatable bonds is 4. The summed E-state index contributed by atoms with van der Waals surface area (Å²) in [7, 11) is 0. The molecule has 11 aromatic rings. The van der Waals surface area contributed by atoms with E-state index in [2.05, 4.69) is 4.85 Å². The SMILES string of the molecule is [2H]c1c([2H])c([2H])c2c(c1[2H])c1c([2H])c([2H])c([2H])c([2H])c1n2-c1nc(-c2ccccc2-n2c3c([2H])c([2H])c([2H])c([2H])c3c3c([2H])c([2H])c([2H])c([2H])c32)nc(-n2c3c([2H])c([2H])c([2H])c([2H])c3c3c([2H])c([N+]#[C-])c([2H])c([2H])c32)n1. The summed E-state index contributed by atoms with van der Waals surface area (Å²) in [5, 5.41) is -2.24. The minimum atomic E-state index is -0.828. The smallest absolute Gasteiger partial charge is 0.240 e. The minimum Gasteiger partial charge on any atom is -0.309 e. The number of fused-ring (bicyclic) bond motifs is 9. The summed E-state index contributed by atoms with van der Waals surface area (Å²) in [5.74, 6) is -1.96. The van der Waals surface area contributed by atoms with Gasteiger partial charge in [0.25, 0.3) is 0 Å². The molecule has 0 bridgehead atoms. The molecule has 0 radical (unpaired) electrons. The summed E-state index contributed by atoms with van der Waals surface area (Å²) in [6.07, 6.45) is 0. The van der Waals surface area contributed by atoms with Gasteiger partial charge in [-0.15, -0.1) is 0 Å². The molecule has 7 aromatic carbocycles. The van der Waals surface area contributed by atoms with E-state index >= 15 is 0 Å². The van der Waals surface area contributed by atoms with Gasteiger partial charge in [-0.1, -0.05) is 109 Å². The molecule has 7 heteroatoms. The van der Waals surface area contributed by atoms with Gasteiger partial charge in [0.15, 0.2) is 11.5 Å². The molecule has 0 atom stereocenters. The van der Waals surface area contributed by atoms with Crippen LogP contribution in [0.3, 0.4) is 0 Å². The van der Waals surface area contributed by atoms with Crippen LogP contribution in [0.5, 0.6) is 0 Å². The molecule has 53 heavy (non-hydrogen) atoms. The van der Waals surface area contributed by atoms with Crippen LogP contribution in [0.2, 0.25) is 0 Å². The highest BCUT2D eigenvalue weighted by Crippen LogP contribution is 2.38. The van der Waals surface area contributed by atoms with Crippen LogP contribution in [0.4, 0.5) is 5.69 Å². The number of nitrogens with zero attached hydrogens (tertiary/aromatic N) is 7. The van der Waals surface area contributed by atoms with Gasteiger partial charge in [-0.2, -0.15) is 15.0 Å². The standard InChI is InChI=1S/C46H27N7/c1-47-29-26-27-43-36(28-29)34-18-6-12-24-41(34)53(43)46-49-44(48-45(50-46)52-39-22-10-4-16-32(39)33-17-5-11-23-40(33)52)35-19-7-13-25-42(35)51-37-20-8-2-14-30(37)31-15-3-9-21-38(31)51/h2-28H/i2D,3D,4D,5D,6D,8D,9D,10D,11D,12D,14D,15D,16D,17D,18D,20D,21D,22D,23D,24D,26D,27D,28D. The van der Waals surface area contributed by atoms with Crippen molar-refractivity contribution in [3.63, 3.8) is 0 Å². The second-order valence-corrected chi connectivity index (χ2v) is 11.5. The van der Waals surface area contributed by atoms with Gasteiger partial charge in [0.2, 0.25) is 11.9 Å². The summed E-state index contributed by atoms with van der Waals surface area (Å²) in [6, 6.07) is -11.6. The second kappa shape index (κ2) is 11.2. The average molecular weight is 701 g/mol. The van der Waals surface area contributed by atoms with Gasteiger partial charge in [0, 0.05) is 35.2 Å². The van der Waals surface area contributed by atoms with E-state index < -0.39 is 206 Å². The third kappa shape index (κ3) is 4.24. The Morgan fingerprint density at radius 3 is 1.36 bits per heavy atom. The van der Waals surface area contributed by atoms with Crippen LogP contribution >= 0.6 is 0 Å². The highest BCUT2D eigenvalue weighted by atomic mass is 15.3. The zero-order valence-electron chi connectivity index (χ0n) is 49.4. The molecule has 0 aliphatic carbocycles. The van der Waals surface area contributed by atoms with Gasteiger partial charge in [0.1, 0.15) is 0 Å². The maximum atomic E-state index is 9.32. The molecule has 0 saturated heterocycles. The summed E-state index contributed by atoms with van der Waals surface area (Å²) < 4.78 is 208. The van der Waals surface area contributed by atoms with Crippen molar-refractivity contribution < 1.29 is 31.5 Å². The third-order valence-corrected chi connectivity index (χ3v) is 8.72. The first-order valence-corrected chi connectivity index (χ1v) is 15.6. The molecule has 0 aliphatic heterocycles. The Bertz CT molecular complexity index is 4490. The average Bonchev–Trinajstić information content (AvgIpc) is 4.21. The highest BCUT2D eigenvalue weighted by molar-refractivity contribution is 6.11. The fraction of sp³-hybridized carbons (Fsp3) is 0. The molecule has 0 aliphatic rings. The van der Waals surface area contributed by atoms with Crippen molar-refractivity contribution in [2.45, 2.75) is 0 Å². The first-order valence-electron chi connectivity index (χ1n) is 27.1. The Kier molecular flexibility index (Phi) is 3.09. The topological polar surface area (TPSA) is 57.8 Å². The predicted molar refractivity (Wildman–Crippen MR) is 215 cm³/mol. The maximum Gasteiger partial charge on any atom is 0.240 e. The molecule has 246 valence electrons. The van der Waals surface area contributed by atoms with Crippen molar-refractivity contribution in [2.24, 2.45) is 0 Å². The highest BCUT2D eigenvalue weighted by Gasteiger charge is 2.23. The number of hydrogen-bond acceptors (Lipinski definition) is 3. The Labute approximate surface area is 335 Å². The molecule has 0 N–H and O–H groups in total. The van der Waals surface area contributed by atoms with Gasteiger partial charge in [0.05, 0.1) is 74.1 Å². The number of hydrogen-bond donors (Lipinski definition) is 0. The quantitative estimate of drug-likeness (QED) is 0.172. The summed E-state index contributed by atoms with van der Waals surface area (Å²) in [5.41, 5.74) is -3.59. The van der Waals surface area contributed by atoms with Gasteiger partial charge in [-0.05, 0) is 59.8 Å². The van der Waals surface area contributed by atoms with Crippen LogP contribution in [-0.2, 0) is 0 Å². The van der Waals surface area contributed by atoms with Crippen molar-refractivity contribution in [3.8, 4) is 29.0 Å². The Hall–Kier alpha value is -7.56. The third-order valence-electron chi connectivity index (χ3n) is 8.72. The van der Waals surface area contributed by atoms with Crippen LogP contribution in [0.15, 0.2) is 163 Å². The van der Waals surface area contributed by atoms with Crippen molar-refractivity contribution in [2.75, 3.05) is 0 Å². The van der Waals surface area contributed by atoms with Crippen LogP contribution in [-0.4, -0.2) is 28.7 Å². The van der Waals surface area contributed by atoms with Gasteiger partial charge < -0.3 is 4.57 Å². The summed E-state index contributed by atoms with van der Waals surface area (Å²) in [6.45, 7) is 7.82. The van der Waals surface area contributed by atoms with Crippen LogP contribution < -0.4 is 0 Å².